The molecule has 106 valence electrons. The molecule has 0 spiro atoms. The van der Waals surface area contributed by atoms with E-state index < -0.39 is 10.0 Å². The van der Waals surface area contributed by atoms with E-state index in [1.807, 2.05) is 0 Å². The molecule has 0 aliphatic carbocycles. The average Bonchev–Trinajstić information content (AvgIpc) is 2.41. The normalized spacial score (nSPS) is 18.7. The number of hydrogen-bond acceptors (Lipinski definition) is 3. The van der Waals surface area contributed by atoms with Gasteiger partial charge in [0.1, 0.15) is 0 Å². The molecule has 0 aromatic heterocycles. The molecule has 0 atom stereocenters. The van der Waals surface area contributed by atoms with Gasteiger partial charge in [0.05, 0.1) is 14.9 Å². The van der Waals surface area contributed by atoms with Crippen LogP contribution >= 0.6 is 23.2 Å². The molecule has 1 aromatic rings. The van der Waals surface area contributed by atoms with Crippen molar-refractivity contribution in [3.05, 3.63) is 28.2 Å². The van der Waals surface area contributed by atoms with Crippen molar-refractivity contribution in [3.8, 4) is 0 Å². The van der Waals surface area contributed by atoms with Gasteiger partial charge in [0.25, 0.3) is 0 Å². The van der Waals surface area contributed by atoms with E-state index in [9.17, 15) is 8.42 Å². The molecule has 0 bridgehead atoms. The number of sulfonamides is 1. The summed E-state index contributed by atoms with van der Waals surface area (Å²) in [6, 6.07) is 4.42. The number of benzene rings is 1. The van der Waals surface area contributed by atoms with Crippen molar-refractivity contribution in [1.82, 2.24) is 9.21 Å². The zero-order valence-corrected chi connectivity index (χ0v) is 13.0. The molecule has 7 heteroatoms. The van der Waals surface area contributed by atoms with Gasteiger partial charge >= 0.3 is 0 Å². The smallest absolute Gasteiger partial charge is 0.243 e. The maximum Gasteiger partial charge on any atom is 0.243 e. The Hall–Kier alpha value is -0.330. The van der Waals surface area contributed by atoms with Gasteiger partial charge in [0, 0.05) is 26.2 Å². The summed E-state index contributed by atoms with van der Waals surface area (Å²) < 4.78 is 26.4. The minimum atomic E-state index is -3.47. The summed E-state index contributed by atoms with van der Waals surface area (Å²) in [6.07, 6.45) is 0. The van der Waals surface area contributed by atoms with E-state index in [1.54, 1.807) is 0 Å². The molecular weight excluding hydrogens is 307 g/mol. The SMILES string of the molecule is CCN1CCN(S(=O)(=O)c2ccc(Cl)c(Cl)c2)CC1. The van der Waals surface area contributed by atoms with Crippen LogP contribution in [0.2, 0.25) is 10.0 Å². The summed E-state index contributed by atoms with van der Waals surface area (Å²) in [4.78, 5) is 2.42. The fraction of sp³-hybridized carbons (Fsp3) is 0.500. The van der Waals surface area contributed by atoms with Crippen LogP contribution < -0.4 is 0 Å². The quantitative estimate of drug-likeness (QED) is 0.857. The van der Waals surface area contributed by atoms with Gasteiger partial charge in [-0.2, -0.15) is 4.31 Å². The van der Waals surface area contributed by atoms with Crippen LogP contribution in [0.25, 0.3) is 0 Å². The predicted octanol–water partition coefficient (Wildman–Crippen LogP) is 2.32. The maximum absolute atomic E-state index is 12.5. The van der Waals surface area contributed by atoms with Gasteiger partial charge in [-0.25, -0.2) is 8.42 Å². The molecule has 0 amide bonds. The third-order valence-corrected chi connectivity index (χ3v) is 5.94. The van der Waals surface area contributed by atoms with Gasteiger partial charge in [0.2, 0.25) is 10.0 Å². The Morgan fingerprint density at radius 1 is 1.11 bits per heavy atom. The van der Waals surface area contributed by atoms with Crippen LogP contribution in [0.5, 0.6) is 0 Å². The molecule has 0 radical (unpaired) electrons. The lowest BCUT2D eigenvalue weighted by Crippen LogP contribution is -2.48. The Balaban J connectivity index is 2.21. The second-order valence-corrected chi connectivity index (χ2v) is 7.17. The first-order valence-electron chi connectivity index (χ1n) is 6.12. The van der Waals surface area contributed by atoms with E-state index in [2.05, 4.69) is 11.8 Å². The molecule has 0 unspecified atom stereocenters. The summed E-state index contributed by atoms with van der Waals surface area (Å²) >= 11 is 11.7. The largest absolute Gasteiger partial charge is 0.301 e. The Kier molecular flexibility index (Phi) is 4.74. The summed E-state index contributed by atoms with van der Waals surface area (Å²) in [6.45, 7) is 5.56. The van der Waals surface area contributed by atoms with Gasteiger partial charge in [-0.05, 0) is 24.7 Å². The highest BCUT2D eigenvalue weighted by Crippen LogP contribution is 2.26. The lowest BCUT2D eigenvalue weighted by atomic mass is 10.4. The van der Waals surface area contributed by atoms with Crippen molar-refractivity contribution in [2.75, 3.05) is 32.7 Å². The molecule has 0 saturated carbocycles. The van der Waals surface area contributed by atoms with E-state index in [0.717, 1.165) is 19.6 Å². The third kappa shape index (κ3) is 3.23. The molecular formula is C12H16Cl2N2O2S. The van der Waals surface area contributed by atoms with Gasteiger partial charge < -0.3 is 4.90 Å². The highest BCUT2D eigenvalue weighted by Gasteiger charge is 2.28. The maximum atomic E-state index is 12.5. The molecule has 4 nitrogen and oxygen atoms in total. The number of hydrogen-bond donors (Lipinski definition) is 0. The van der Waals surface area contributed by atoms with E-state index in [0.29, 0.717) is 18.1 Å². The van der Waals surface area contributed by atoms with Gasteiger partial charge in [-0.15, -0.1) is 0 Å². The first kappa shape index (κ1) is 15.1. The van der Waals surface area contributed by atoms with E-state index in [1.165, 1.54) is 22.5 Å². The minimum Gasteiger partial charge on any atom is -0.301 e. The standard InChI is InChI=1S/C12H16Cl2N2O2S/c1-2-15-5-7-16(8-6-15)19(17,18)10-3-4-11(13)12(14)9-10/h3-4,9H,2,5-8H2,1H3. The van der Waals surface area contributed by atoms with Crippen LogP contribution in [0, 0.1) is 0 Å². The lowest BCUT2D eigenvalue weighted by molar-refractivity contribution is 0.196. The average molecular weight is 323 g/mol. The van der Waals surface area contributed by atoms with Crippen molar-refractivity contribution in [3.63, 3.8) is 0 Å². The number of likely N-dealkylation sites (N-methyl/N-ethyl adjacent to an activating group) is 1. The van der Waals surface area contributed by atoms with Gasteiger partial charge in [0.15, 0.2) is 0 Å². The van der Waals surface area contributed by atoms with Crippen LogP contribution in [-0.4, -0.2) is 50.3 Å². The molecule has 2 rings (SSSR count). The van der Waals surface area contributed by atoms with Crippen LogP contribution in [0.15, 0.2) is 23.1 Å². The number of nitrogens with zero attached hydrogens (tertiary/aromatic N) is 2. The molecule has 1 aliphatic heterocycles. The second-order valence-electron chi connectivity index (χ2n) is 4.41. The second kappa shape index (κ2) is 5.97. The monoisotopic (exact) mass is 322 g/mol. The summed E-state index contributed by atoms with van der Waals surface area (Å²) in [5.41, 5.74) is 0. The van der Waals surface area contributed by atoms with E-state index >= 15 is 0 Å². The molecule has 19 heavy (non-hydrogen) atoms. The Labute approximate surface area is 124 Å². The van der Waals surface area contributed by atoms with E-state index in [-0.39, 0.29) is 9.92 Å². The van der Waals surface area contributed by atoms with Gasteiger partial charge in [-0.3, -0.25) is 0 Å². The van der Waals surface area contributed by atoms with Crippen molar-refractivity contribution in [1.29, 1.82) is 0 Å². The first-order valence-corrected chi connectivity index (χ1v) is 8.32. The highest BCUT2D eigenvalue weighted by atomic mass is 35.5. The zero-order valence-electron chi connectivity index (χ0n) is 10.6. The minimum absolute atomic E-state index is 0.201. The van der Waals surface area contributed by atoms with Crippen molar-refractivity contribution in [2.45, 2.75) is 11.8 Å². The molecule has 1 heterocycles. The summed E-state index contributed by atoms with van der Waals surface area (Å²) in [5.74, 6) is 0. The molecule has 1 saturated heterocycles. The topological polar surface area (TPSA) is 40.6 Å². The molecule has 1 aliphatic rings. The van der Waals surface area contributed by atoms with Crippen LogP contribution in [0.3, 0.4) is 0 Å². The summed E-state index contributed by atoms with van der Waals surface area (Å²) in [7, 11) is -3.47. The fourth-order valence-electron chi connectivity index (χ4n) is 2.07. The van der Waals surface area contributed by atoms with Crippen molar-refractivity contribution >= 4 is 33.2 Å². The summed E-state index contributed by atoms with van der Waals surface area (Å²) in [5, 5.41) is 0.617. The number of halogens is 2. The van der Waals surface area contributed by atoms with Gasteiger partial charge in [-0.1, -0.05) is 30.1 Å². The molecule has 1 aromatic carbocycles. The van der Waals surface area contributed by atoms with Crippen LogP contribution in [0.1, 0.15) is 6.92 Å². The number of rotatable bonds is 3. The fourth-order valence-corrected chi connectivity index (χ4v) is 3.88. The van der Waals surface area contributed by atoms with Crippen LogP contribution in [-0.2, 0) is 10.0 Å². The lowest BCUT2D eigenvalue weighted by Gasteiger charge is -2.33. The van der Waals surface area contributed by atoms with Crippen molar-refractivity contribution < 1.29 is 8.42 Å². The first-order chi connectivity index (χ1) is 8.95. The molecule has 1 fully saturated rings. The number of piperazine rings is 1. The third-order valence-electron chi connectivity index (χ3n) is 3.31. The molecule has 0 N–H and O–H groups in total. The Morgan fingerprint density at radius 2 is 1.74 bits per heavy atom. The Bertz CT molecular complexity index is 555. The van der Waals surface area contributed by atoms with Crippen molar-refractivity contribution in [2.24, 2.45) is 0 Å². The predicted molar refractivity (Wildman–Crippen MR) is 77.3 cm³/mol. The van der Waals surface area contributed by atoms with Crippen LogP contribution in [0.4, 0.5) is 0 Å². The highest BCUT2D eigenvalue weighted by molar-refractivity contribution is 7.89. The van der Waals surface area contributed by atoms with E-state index in [4.69, 9.17) is 23.2 Å². The zero-order chi connectivity index (χ0) is 14.0. The Morgan fingerprint density at radius 3 is 2.26 bits per heavy atom.